The van der Waals surface area contributed by atoms with E-state index in [4.69, 9.17) is 4.74 Å². The molecular weight excluding hydrogens is 387 g/mol. The molecule has 0 atom stereocenters. The van der Waals surface area contributed by atoms with Crippen LogP contribution in [-0.4, -0.2) is 49.0 Å². The Morgan fingerprint density at radius 2 is 1.80 bits per heavy atom. The third-order valence-electron chi connectivity index (χ3n) is 4.33. The van der Waals surface area contributed by atoms with Gasteiger partial charge in [-0.05, 0) is 35.9 Å². The summed E-state index contributed by atoms with van der Waals surface area (Å²) >= 11 is 3.23. The lowest BCUT2D eigenvalue weighted by molar-refractivity contribution is 0.0628. The summed E-state index contributed by atoms with van der Waals surface area (Å²) in [5.74, 6) is 0.320. The minimum atomic E-state index is -0.407. The van der Waals surface area contributed by atoms with Crippen LogP contribution in [0.25, 0.3) is 0 Å². The van der Waals surface area contributed by atoms with Gasteiger partial charge in [-0.15, -0.1) is 0 Å². The molecule has 4 nitrogen and oxygen atoms in total. The quantitative estimate of drug-likeness (QED) is 0.777. The first-order valence-electron chi connectivity index (χ1n) is 8.16. The first kappa shape index (κ1) is 17.9. The third kappa shape index (κ3) is 4.58. The number of benzene rings is 2. The van der Waals surface area contributed by atoms with Crippen LogP contribution in [0, 0.1) is 5.82 Å². The number of ether oxygens (including phenoxy) is 1. The summed E-state index contributed by atoms with van der Waals surface area (Å²) < 4.78 is 19.2. The van der Waals surface area contributed by atoms with Crippen molar-refractivity contribution >= 4 is 21.8 Å². The van der Waals surface area contributed by atoms with E-state index in [1.165, 1.54) is 17.7 Å². The highest BCUT2D eigenvalue weighted by molar-refractivity contribution is 9.10. The molecular formula is C19H20BrFN2O2. The molecule has 0 bridgehead atoms. The molecule has 0 N–H and O–H groups in total. The largest absolute Gasteiger partial charge is 0.497 e. The van der Waals surface area contributed by atoms with Crippen LogP contribution in [0.4, 0.5) is 4.39 Å². The molecule has 0 radical (unpaired) electrons. The molecule has 0 aliphatic carbocycles. The van der Waals surface area contributed by atoms with Crippen LogP contribution in [0.5, 0.6) is 5.75 Å². The smallest absolute Gasteiger partial charge is 0.254 e. The first-order chi connectivity index (χ1) is 12.0. The summed E-state index contributed by atoms with van der Waals surface area (Å²) in [6.45, 7) is 3.73. The highest BCUT2D eigenvalue weighted by Crippen LogP contribution is 2.18. The van der Waals surface area contributed by atoms with Crippen LogP contribution in [0.1, 0.15) is 15.9 Å². The van der Waals surface area contributed by atoms with Crippen LogP contribution in [-0.2, 0) is 6.54 Å². The molecule has 0 spiro atoms. The molecule has 1 amide bonds. The normalized spacial score (nSPS) is 15.2. The highest BCUT2D eigenvalue weighted by Gasteiger charge is 2.22. The van der Waals surface area contributed by atoms with Gasteiger partial charge in [0.05, 0.1) is 7.11 Å². The predicted octanol–water partition coefficient (Wildman–Crippen LogP) is 3.55. The van der Waals surface area contributed by atoms with Gasteiger partial charge in [-0.2, -0.15) is 0 Å². The lowest BCUT2D eigenvalue weighted by atomic mass is 10.1. The van der Waals surface area contributed by atoms with Gasteiger partial charge in [-0.3, -0.25) is 9.69 Å². The number of carbonyl (C=O) groups is 1. The second-order valence-corrected chi connectivity index (χ2v) is 6.99. The molecule has 1 saturated heterocycles. The molecule has 0 aromatic heterocycles. The Balaban J connectivity index is 1.56. The van der Waals surface area contributed by atoms with Crippen molar-refractivity contribution in [1.82, 2.24) is 9.80 Å². The zero-order valence-corrected chi connectivity index (χ0v) is 15.6. The molecule has 0 unspecified atom stereocenters. The van der Waals surface area contributed by atoms with E-state index in [0.717, 1.165) is 25.4 Å². The number of hydrogen-bond donors (Lipinski definition) is 0. The minimum Gasteiger partial charge on any atom is -0.497 e. The lowest BCUT2D eigenvalue weighted by Gasteiger charge is -2.34. The van der Waals surface area contributed by atoms with Gasteiger partial charge in [0.2, 0.25) is 0 Å². The standard InChI is InChI=1S/C19H20BrFN2O2/c1-25-18-4-2-14(3-5-18)13-22-6-8-23(9-7-22)19(24)15-10-16(20)12-17(21)11-15/h2-5,10-12H,6-9,13H2,1H3. The number of piperazine rings is 1. The first-order valence-corrected chi connectivity index (χ1v) is 8.95. The monoisotopic (exact) mass is 406 g/mol. The topological polar surface area (TPSA) is 32.8 Å². The summed E-state index contributed by atoms with van der Waals surface area (Å²) in [6, 6.07) is 12.3. The van der Waals surface area contributed by atoms with E-state index < -0.39 is 5.82 Å². The van der Waals surface area contributed by atoms with Crippen LogP contribution >= 0.6 is 15.9 Å². The number of amides is 1. The summed E-state index contributed by atoms with van der Waals surface area (Å²) in [5, 5.41) is 0. The summed E-state index contributed by atoms with van der Waals surface area (Å²) in [5.41, 5.74) is 1.60. The molecule has 25 heavy (non-hydrogen) atoms. The Labute approximate surface area is 155 Å². The van der Waals surface area contributed by atoms with Gasteiger partial charge in [0.25, 0.3) is 5.91 Å². The second kappa shape index (κ2) is 7.97. The van der Waals surface area contributed by atoms with Crippen LogP contribution < -0.4 is 4.74 Å². The van der Waals surface area contributed by atoms with Gasteiger partial charge in [0.1, 0.15) is 11.6 Å². The predicted molar refractivity (Wildman–Crippen MR) is 98.3 cm³/mol. The van der Waals surface area contributed by atoms with E-state index in [1.807, 2.05) is 12.1 Å². The van der Waals surface area contributed by atoms with Crippen molar-refractivity contribution in [2.75, 3.05) is 33.3 Å². The van der Waals surface area contributed by atoms with Crippen molar-refractivity contribution in [2.45, 2.75) is 6.54 Å². The Morgan fingerprint density at radius 3 is 2.40 bits per heavy atom. The third-order valence-corrected chi connectivity index (χ3v) is 4.79. The Morgan fingerprint density at radius 1 is 1.12 bits per heavy atom. The molecule has 1 aliphatic rings. The Hall–Kier alpha value is -1.92. The minimum absolute atomic E-state index is 0.121. The van der Waals surface area contributed by atoms with Crippen molar-refractivity contribution in [3.05, 3.63) is 63.9 Å². The summed E-state index contributed by atoms with van der Waals surface area (Å²) in [4.78, 5) is 16.6. The van der Waals surface area contributed by atoms with Crippen LogP contribution in [0.2, 0.25) is 0 Å². The van der Waals surface area contributed by atoms with Crippen LogP contribution in [0.15, 0.2) is 46.9 Å². The van der Waals surface area contributed by atoms with Gasteiger partial charge >= 0.3 is 0 Å². The van der Waals surface area contributed by atoms with Gasteiger partial charge < -0.3 is 9.64 Å². The van der Waals surface area contributed by atoms with Crippen molar-refractivity contribution < 1.29 is 13.9 Å². The van der Waals surface area contributed by atoms with Gasteiger partial charge in [0, 0.05) is 42.8 Å². The maximum Gasteiger partial charge on any atom is 0.254 e. The molecule has 3 rings (SSSR count). The molecule has 1 heterocycles. The van der Waals surface area contributed by atoms with E-state index in [1.54, 1.807) is 18.1 Å². The summed E-state index contributed by atoms with van der Waals surface area (Å²) in [6.07, 6.45) is 0. The number of hydrogen-bond acceptors (Lipinski definition) is 3. The molecule has 0 saturated carbocycles. The van der Waals surface area contributed by atoms with E-state index in [9.17, 15) is 9.18 Å². The molecule has 1 aliphatic heterocycles. The van der Waals surface area contributed by atoms with Gasteiger partial charge in [-0.1, -0.05) is 28.1 Å². The van der Waals surface area contributed by atoms with E-state index in [0.29, 0.717) is 23.1 Å². The molecule has 1 fully saturated rings. The molecule has 2 aromatic carbocycles. The lowest BCUT2D eigenvalue weighted by Crippen LogP contribution is -2.48. The fourth-order valence-electron chi connectivity index (χ4n) is 2.96. The Bertz CT molecular complexity index is 723. The Kier molecular flexibility index (Phi) is 5.71. The van der Waals surface area contributed by atoms with Crippen molar-refractivity contribution in [2.24, 2.45) is 0 Å². The zero-order valence-electron chi connectivity index (χ0n) is 14.0. The van der Waals surface area contributed by atoms with Crippen molar-refractivity contribution in [3.8, 4) is 5.75 Å². The van der Waals surface area contributed by atoms with E-state index >= 15 is 0 Å². The van der Waals surface area contributed by atoms with Crippen molar-refractivity contribution in [1.29, 1.82) is 0 Å². The van der Waals surface area contributed by atoms with Gasteiger partial charge in [-0.25, -0.2) is 4.39 Å². The number of methoxy groups -OCH3 is 1. The average Bonchev–Trinajstić information content (AvgIpc) is 2.61. The SMILES string of the molecule is COc1ccc(CN2CCN(C(=O)c3cc(F)cc(Br)c3)CC2)cc1. The van der Waals surface area contributed by atoms with Gasteiger partial charge in [0.15, 0.2) is 0 Å². The average molecular weight is 407 g/mol. The second-order valence-electron chi connectivity index (χ2n) is 6.07. The highest BCUT2D eigenvalue weighted by atomic mass is 79.9. The molecule has 2 aromatic rings. The van der Waals surface area contributed by atoms with E-state index in [2.05, 4.69) is 33.0 Å². The fourth-order valence-corrected chi connectivity index (χ4v) is 3.42. The maximum absolute atomic E-state index is 13.5. The summed E-state index contributed by atoms with van der Waals surface area (Å²) in [7, 11) is 1.66. The number of halogens is 2. The van der Waals surface area contributed by atoms with Crippen LogP contribution in [0.3, 0.4) is 0 Å². The van der Waals surface area contributed by atoms with Crippen molar-refractivity contribution in [3.63, 3.8) is 0 Å². The maximum atomic E-state index is 13.5. The number of nitrogens with zero attached hydrogens (tertiary/aromatic N) is 2. The number of carbonyl (C=O) groups excluding carboxylic acids is 1. The molecule has 6 heteroatoms. The number of rotatable bonds is 4. The molecule has 132 valence electrons. The van der Waals surface area contributed by atoms with E-state index in [-0.39, 0.29) is 5.91 Å². The zero-order chi connectivity index (χ0) is 17.8. The fraction of sp³-hybridized carbons (Fsp3) is 0.316.